The predicted molar refractivity (Wildman–Crippen MR) is 365 cm³/mol. The molecular weight excluding hydrogens is 1340 g/mol. The molecule has 562 valence electrons. The highest BCUT2D eigenvalue weighted by atomic mass is 35.5. The molecule has 7 aliphatic rings. The Kier molecular flexibility index (Phi) is 27.5. The molecule has 1 aromatic rings. The second-order valence-electron chi connectivity index (χ2n) is 29.3. The summed E-state index contributed by atoms with van der Waals surface area (Å²) in [7, 11) is 9.79. The first kappa shape index (κ1) is 79.6. The van der Waals surface area contributed by atoms with E-state index in [0.717, 1.165) is 57.4 Å². The number of halogens is 4. The number of fused-ring (bicyclic) bond motifs is 3. The fourth-order valence-corrected chi connectivity index (χ4v) is 16.1. The quantitative estimate of drug-likeness (QED) is 0.250. The molecule has 26 nitrogen and oxygen atoms in total. The Hall–Kier alpha value is -7.14. The summed E-state index contributed by atoms with van der Waals surface area (Å²) in [5, 5.41) is 8.14. The van der Waals surface area contributed by atoms with Gasteiger partial charge in [-0.05, 0) is 119 Å². The van der Waals surface area contributed by atoms with Gasteiger partial charge in [-0.1, -0.05) is 83.4 Å². The summed E-state index contributed by atoms with van der Waals surface area (Å²) in [6.45, 7) is 3.95. The third-order valence-corrected chi connectivity index (χ3v) is 22.7. The van der Waals surface area contributed by atoms with Crippen LogP contribution in [0.25, 0.3) is 0 Å². The fourth-order valence-electron chi connectivity index (χ4n) is 15.8. The summed E-state index contributed by atoms with van der Waals surface area (Å²) < 4.78 is 53.3. The molecule has 7 fully saturated rings. The van der Waals surface area contributed by atoms with Gasteiger partial charge in [0.2, 0.25) is 70.9 Å². The average Bonchev–Trinajstić information content (AvgIpc) is 1.76. The van der Waals surface area contributed by atoms with E-state index in [1.807, 2.05) is 13.8 Å². The summed E-state index contributed by atoms with van der Waals surface area (Å²) in [5.41, 5.74) is -2.39. The minimum Gasteiger partial charge on any atom is -0.379 e. The van der Waals surface area contributed by atoms with E-state index in [-0.39, 0.29) is 88.6 Å². The topological polar surface area (TPSA) is 289 Å². The molecule has 0 radical (unpaired) electrons. The molecule has 4 heterocycles. The van der Waals surface area contributed by atoms with Crippen LogP contribution in [-0.2, 0) is 79.6 Å². The first-order chi connectivity index (χ1) is 47.8. The Morgan fingerprint density at radius 2 is 1.29 bits per heavy atom. The SMILES string of the molecule is CCCOC[C@H]1C(=O)N(C)CC(=O)N[C@@H](CCc2ccc(C(F)(F)F)c(Cl)c2)C(=O)N2CCCC2C(=O)NC2(CCCC2)C(=O)N(C)[C@@H](C2CCCCC2)C(=O)N(C)[C@H](C(=O)N2C3CCC2COC3)CC(=O)N(C)[C@@H](C2CCC2)C(=O)N[C@@H]([C@@H](C)CC)C(=O)N(C)CC(=O)N(C)CC(=O)N1C. The van der Waals surface area contributed by atoms with Crippen molar-refractivity contribution in [3.05, 3.63) is 34.3 Å². The number of ether oxygens (including phenoxy) is 2. The molecule has 10 atom stereocenters. The van der Waals surface area contributed by atoms with Crippen LogP contribution in [-0.4, -0.2) is 277 Å². The van der Waals surface area contributed by atoms with Gasteiger partial charge in [-0.25, -0.2) is 0 Å². The maximum absolute atomic E-state index is 16.0. The highest BCUT2D eigenvalue weighted by molar-refractivity contribution is 6.31. The molecule has 1 spiro atoms. The van der Waals surface area contributed by atoms with Gasteiger partial charge in [-0.15, -0.1) is 0 Å². The number of likely N-dealkylation sites (N-methyl/N-ethyl adjacent to an activating group) is 7. The number of nitrogens with one attached hydrogen (secondary N) is 3. The lowest BCUT2D eigenvalue weighted by molar-refractivity contribution is -0.160. The van der Waals surface area contributed by atoms with Crippen molar-refractivity contribution in [2.24, 2.45) is 17.8 Å². The number of hydrogen-bond donors (Lipinski definition) is 3. The molecule has 12 amide bonds. The highest BCUT2D eigenvalue weighted by Gasteiger charge is 2.53. The van der Waals surface area contributed by atoms with Crippen molar-refractivity contribution >= 4 is 82.5 Å². The lowest BCUT2D eigenvalue weighted by Crippen LogP contribution is -2.65. The summed E-state index contributed by atoms with van der Waals surface area (Å²) in [6.07, 6.45) is 3.63. The van der Waals surface area contributed by atoms with Crippen LogP contribution < -0.4 is 16.0 Å². The molecule has 3 aliphatic carbocycles. The Balaban J connectivity index is 1.17. The zero-order valence-corrected chi connectivity index (χ0v) is 61.2. The van der Waals surface area contributed by atoms with Crippen molar-refractivity contribution in [3.63, 3.8) is 0 Å². The summed E-state index contributed by atoms with van der Waals surface area (Å²) in [4.78, 5) is 191. The van der Waals surface area contributed by atoms with E-state index in [1.54, 1.807) is 11.8 Å². The number of aryl methyl sites for hydroxylation is 1. The number of alkyl halides is 3. The van der Waals surface area contributed by atoms with Gasteiger partial charge in [0, 0.05) is 62.5 Å². The molecule has 4 saturated heterocycles. The molecule has 8 rings (SSSR count). The van der Waals surface area contributed by atoms with E-state index in [0.29, 0.717) is 70.6 Å². The maximum Gasteiger partial charge on any atom is 0.417 e. The van der Waals surface area contributed by atoms with Crippen LogP contribution in [0.1, 0.15) is 160 Å². The number of carbonyl (C=O) groups excluding carboxylic acids is 12. The molecule has 3 unspecified atom stereocenters. The number of carbonyl (C=O) groups is 12. The summed E-state index contributed by atoms with van der Waals surface area (Å²) >= 11 is 6.14. The van der Waals surface area contributed by atoms with Crippen molar-refractivity contribution in [2.45, 2.75) is 222 Å². The smallest absolute Gasteiger partial charge is 0.379 e. The van der Waals surface area contributed by atoms with Gasteiger partial charge in [0.25, 0.3) is 0 Å². The fraction of sp³-hybridized carbons (Fsp3) is 0.746. The molecule has 3 N–H and O–H groups in total. The van der Waals surface area contributed by atoms with Crippen LogP contribution in [0.4, 0.5) is 13.2 Å². The van der Waals surface area contributed by atoms with E-state index in [1.165, 1.54) is 75.0 Å². The van der Waals surface area contributed by atoms with Crippen LogP contribution >= 0.6 is 11.6 Å². The monoisotopic (exact) mass is 1440 g/mol. The largest absolute Gasteiger partial charge is 0.417 e. The zero-order chi connectivity index (χ0) is 73.9. The number of hydrogen-bond acceptors (Lipinski definition) is 14. The third kappa shape index (κ3) is 18.6. The lowest BCUT2D eigenvalue weighted by Gasteiger charge is -2.44. The number of benzene rings is 1. The minimum absolute atomic E-state index is 0.0197. The Labute approximate surface area is 596 Å². The Morgan fingerprint density at radius 1 is 0.663 bits per heavy atom. The standard InChI is InChI=1S/C71H106ClF3N12O14/c1-11-34-100-42-54-65(95)80(5)37-55(88)76-51(30-26-44-25-29-49(50(72)35-44)71(73,74)75)64(94)86-33-19-24-52(86)62(92)78-70(31-16-17-32-70)69(99)85(10)61(46-20-14-13-15-21-46)68(98)83(8)53(66(96)87-47-27-28-48(87)41-101-40-47)36-56(89)84(9)60(45-22-18-23-45)63(93)77-59(43(3)12-2)67(97)81(6)38-57(90)79(4)39-58(91)82(54)7/h25,29,35,43,45-48,51-54,59-61H,11-24,26-28,30-34,36-42H2,1-10H3,(H,76,88)(H,77,93)(H,78,92)/t43-,47?,48?,51-,52?,53-,54-,59-,60-,61-/m0/s1. The molecule has 2 bridgehead atoms. The van der Waals surface area contributed by atoms with Crippen molar-refractivity contribution in [1.29, 1.82) is 0 Å². The number of nitrogens with zero attached hydrogens (tertiary/aromatic N) is 9. The second kappa shape index (κ2) is 34.9. The first-order valence-electron chi connectivity index (χ1n) is 36.2. The minimum atomic E-state index is -4.77. The average molecular weight is 1440 g/mol. The van der Waals surface area contributed by atoms with Gasteiger partial charge >= 0.3 is 6.18 Å². The van der Waals surface area contributed by atoms with Crippen molar-refractivity contribution in [3.8, 4) is 0 Å². The van der Waals surface area contributed by atoms with E-state index in [9.17, 15) is 37.1 Å². The number of morpholine rings is 1. The van der Waals surface area contributed by atoms with Gasteiger partial charge in [0.1, 0.15) is 47.8 Å². The first-order valence-corrected chi connectivity index (χ1v) is 36.6. The number of amides is 12. The molecular formula is C71H106ClF3N12O14. The molecule has 101 heavy (non-hydrogen) atoms. The molecule has 0 aromatic heterocycles. The molecule has 4 aliphatic heterocycles. The second-order valence-corrected chi connectivity index (χ2v) is 29.7. The van der Waals surface area contributed by atoms with E-state index >= 15 is 33.6 Å². The Bertz CT molecular complexity index is 3190. The van der Waals surface area contributed by atoms with Gasteiger partial charge in [0.15, 0.2) is 0 Å². The van der Waals surface area contributed by atoms with Crippen molar-refractivity contribution in [2.75, 3.05) is 102 Å². The van der Waals surface area contributed by atoms with E-state index in [4.69, 9.17) is 21.1 Å². The summed E-state index contributed by atoms with van der Waals surface area (Å²) in [6, 6.07) is -6.55. The Morgan fingerprint density at radius 3 is 1.89 bits per heavy atom. The molecule has 30 heteroatoms. The van der Waals surface area contributed by atoms with Gasteiger partial charge in [-0.3, -0.25) is 57.5 Å². The third-order valence-electron chi connectivity index (χ3n) is 22.3. The maximum atomic E-state index is 16.0. The van der Waals surface area contributed by atoms with E-state index < -0.39 is 173 Å². The van der Waals surface area contributed by atoms with Crippen molar-refractivity contribution < 1.29 is 80.2 Å². The van der Waals surface area contributed by atoms with Crippen LogP contribution in [0.15, 0.2) is 18.2 Å². The van der Waals surface area contributed by atoms with Gasteiger partial charge in [0.05, 0.1) is 68.5 Å². The zero-order valence-electron chi connectivity index (χ0n) is 60.4. The van der Waals surface area contributed by atoms with E-state index in [2.05, 4.69) is 16.0 Å². The van der Waals surface area contributed by atoms with Crippen LogP contribution in [0.5, 0.6) is 0 Å². The van der Waals surface area contributed by atoms with Crippen molar-refractivity contribution in [1.82, 2.24) is 60.0 Å². The van der Waals surface area contributed by atoms with Crippen LogP contribution in [0.3, 0.4) is 0 Å². The molecule has 3 saturated carbocycles. The molecule has 1 aromatic carbocycles. The summed E-state index contributed by atoms with van der Waals surface area (Å²) in [5.74, 6) is -9.31. The van der Waals surface area contributed by atoms with Gasteiger partial charge in [-0.2, -0.15) is 13.2 Å². The van der Waals surface area contributed by atoms with Gasteiger partial charge < -0.3 is 69.5 Å². The normalized spacial score (nSPS) is 28.4. The van der Waals surface area contributed by atoms with Crippen LogP contribution in [0.2, 0.25) is 5.02 Å². The predicted octanol–water partition coefficient (Wildman–Crippen LogP) is 4.01. The highest BCUT2D eigenvalue weighted by Crippen LogP contribution is 2.40. The van der Waals surface area contributed by atoms with Crippen LogP contribution in [0, 0.1) is 17.8 Å². The lowest BCUT2D eigenvalue weighted by atomic mass is 9.78. The number of rotatable bonds is 12.